The van der Waals surface area contributed by atoms with Crippen molar-refractivity contribution < 1.29 is 4.74 Å². The van der Waals surface area contributed by atoms with E-state index in [-0.39, 0.29) is 0 Å². The van der Waals surface area contributed by atoms with Crippen molar-refractivity contribution in [2.24, 2.45) is 0 Å². The maximum atomic E-state index is 5.63. The van der Waals surface area contributed by atoms with Gasteiger partial charge in [0.1, 0.15) is 12.4 Å². The molecule has 0 aliphatic heterocycles. The smallest absolute Gasteiger partial charge is 0.119 e. The van der Waals surface area contributed by atoms with Gasteiger partial charge in [0, 0.05) is 17.9 Å². The van der Waals surface area contributed by atoms with Gasteiger partial charge >= 0.3 is 0 Å². The zero-order valence-corrected chi connectivity index (χ0v) is 11.4. The van der Waals surface area contributed by atoms with Crippen molar-refractivity contribution in [3.63, 3.8) is 0 Å². The van der Waals surface area contributed by atoms with E-state index in [9.17, 15) is 0 Å². The van der Waals surface area contributed by atoms with Crippen LogP contribution in [0.1, 0.15) is 11.1 Å². The van der Waals surface area contributed by atoms with Crippen LogP contribution in [0.2, 0.25) is 0 Å². The molecule has 2 aromatic carbocycles. The maximum absolute atomic E-state index is 5.63. The van der Waals surface area contributed by atoms with Crippen LogP contribution < -0.4 is 15.8 Å². The molecule has 3 nitrogen and oxygen atoms in total. The molecule has 0 aliphatic carbocycles. The lowest BCUT2D eigenvalue weighted by atomic mass is 10.1. The van der Waals surface area contributed by atoms with Crippen molar-refractivity contribution in [3.8, 4) is 5.75 Å². The van der Waals surface area contributed by atoms with Crippen molar-refractivity contribution in [2.45, 2.75) is 13.8 Å². The normalized spacial score (nSPS) is 10.2. The summed E-state index contributed by atoms with van der Waals surface area (Å²) in [6.07, 6.45) is 0. The first kappa shape index (κ1) is 13.3. The zero-order chi connectivity index (χ0) is 13.7. The standard InChI is InChI=1S/C16H20N2O/c1-12-9-13(2)11-15(10-12)18-7-8-19-16-5-3-14(17)4-6-16/h3-6,9-11,18H,7-8,17H2,1-2H3. The molecule has 0 spiro atoms. The lowest BCUT2D eigenvalue weighted by Gasteiger charge is -2.10. The summed E-state index contributed by atoms with van der Waals surface area (Å²) in [6, 6.07) is 13.9. The number of ether oxygens (including phenoxy) is 1. The van der Waals surface area contributed by atoms with Crippen LogP contribution in [0.4, 0.5) is 11.4 Å². The summed E-state index contributed by atoms with van der Waals surface area (Å²) in [7, 11) is 0. The van der Waals surface area contributed by atoms with Gasteiger partial charge in [0.05, 0.1) is 0 Å². The van der Waals surface area contributed by atoms with E-state index >= 15 is 0 Å². The van der Waals surface area contributed by atoms with Crippen LogP contribution >= 0.6 is 0 Å². The highest BCUT2D eigenvalue weighted by atomic mass is 16.5. The third-order valence-electron chi connectivity index (χ3n) is 2.80. The summed E-state index contributed by atoms with van der Waals surface area (Å²) in [5.74, 6) is 0.844. The molecule has 0 bridgehead atoms. The van der Waals surface area contributed by atoms with E-state index in [0.29, 0.717) is 6.61 Å². The number of nitrogen functional groups attached to an aromatic ring is 1. The number of nitrogens with one attached hydrogen (secondary N) is 1. The Balaban J connectivity index is 1.79. The summed E-state index contributed by atoms with van der Waals surface area (Å²) in [5.41, 5.74) is 10.0. The molecule has 0 amide bonds. The molecule has 0 unspecified atom stereocenters. The van der Waals surface area contributed by atoms with E-state index in [2.05, 4.69) is 37.4 Å². The first-order chi connectivity index (χ1) is 9.13. The molecule has 0 fully saturated rings. The van der Waals surface area contributed by atoms with Gasteiger partial charge in [-0.3, -0.25) is 0 Å². The highest BCUT2D eigenvalue weighted by Gasteiger charge is 1.96. The highest BCUT2D eigenvalue weighted by molar-refractivity contribution is 5.48. The first-order valence-corrected chi connectivity index (χ1v) is 6.44. The lowest BCUT2D eigenvalue weighted by molar-refractivity contribution is 0.333. The Labute approximate surface area is 114 Å². The van der Waals surface area contributed by atoms with E-state index in [4.69, 9.17) is 10.5 Å². The van der Waals surface area contributed by atoms with E-state index in [1.165, 1.54) is 11.1 Å². The Morgan fingerprint density at radius 1 is 1.00 bits per heavy atom. The molecule has 0 saturated heterocycles. The molecule has 3 N–H and O–H groups in total. The molecule has 0 aromatic heterocycles. The van der Waals surface area contributed by atoms with Crippen molar-refractivity contribution in [3.05, 3.63) is 53.6 Å². The second-order valence-corrected chi connectivity index (χ2v) is 4.72. The summed E-state index contributed by atoms with van der Waals surface area (Å²) in [4.78, 5) is 0. The molecule has 0 atom stereocenters. The van der Waals surface area contributed by atoms with Gasteiger partial charge in [0.15, 0.2) is 0 Å². The summed E-state index contributed by atoms with van der Waals surface area (Å²) in [5, 5.41) is 3.36. The van der Waals surface area contributed by atoms with Crippen LogP contribution in [-0.4, -0.2) is 13.2 Å². The van der Waals surface area contributed by atoms with Crippen LogP contribution in [0, 0.1) is 13.8 Å². The Morgan fingerprint density at radius 3 is 2.26 bits per heavy atom. The Bertz CT molecular complexity index is 515. The van der Waals surface area contributed by atoms with Gasteiger partial charge in [-0.2, -0.15) is 0 Å². The quantitative estimate of drug-likeness (QED) is 0.637. The van der Waals surface area contributed by atoms with Gasteiger partial charge in [-0.05, 0) is 61.4 Å². The maximum Gasteiger partial charge on any atom is 0.119 e. The number of aryl methyl sites for hydroxylation is 2. The Kier molecular flexibility index (Phi) is 4.29. The van der Waals surface area contributed by atoms with E-state index in [1.807, 2.05) is 24.3 Å². The molecule has 2 rings (SSSR count). The molecular formula is C16H20N2O. The molecule has 0 heterocycles. The van der Waals surface area contributed by atoms with Gasteiger partial charge in [0.25, 0.3) is 0 Å². The fourth-order valence-corrected chi connectivity index (χ4v) is 2.01. The zero-order valence-electron chi connectivity index (χ0n) is 11.4. The van der Waals surface area contributed by atoms with Gasteiger partial charge in [-0.1, -0.05) is 6.07 Å². The number of benzene rings is 2. The third kappa shape index (κ3) is 4.21. The third-order valence-corrected chi connectivity index (χ3v) is 2.80. The molecule has 0 aliphatic rings. The van der Waals surface area contributed by atoms with Gasteiger partial charge in [-0.25, -0.2) is 0 Å². The fraction of sp³-hybridized carbons (Fsp3) is 0.250. The summed E-state index contributed by atoms with van der Waals surface area (Å²) < 4.78 is 5.63. The summed E-state index contributed by atoms with van der Waals surface area (Å²) >= 11 is 0. The second-order valence-electron chi connectivity index (χ2n) is 4.72. The highest BCUT2D eigenvalue weighted by Crippen LogP contribution is 2.14. The fourth-order valence-electron chi connectivity index (χ4n) is 2.01. The number of anilines is 2. The minimum absolute atomic E-state index is 0.622. The second kappa shape index (κ2) is 6.14. The SMILES string of the molecule is Cc1cc(C)cc(NCCOc2ccc(N)cc2)c1. The molecule has 100 valence electrons. The van der Waals surface area contributed by atoms with E-state index in [1.54, 1.807) is 0 Å². The van der Waals surface area contributed by atoms with Crippen LogP contribution in [0.15, 0.2) is 42.5 Å². The first-order valence-electron chi connectivity index (χ1n) is 6.44. The predicted octanol–water partition coefficient (Wildman–Crippen LogP) is 3.38. The average molecular weight is 256 g/mol. The van der Waals surface area contributed by atoms with Crippen LogP contribution in [0.3, 0.4) is 0 Å². The monoisotopic (exact) mass is 256 g/mol. The van der Waals surface area contributed by atoms with Gasteiger partial charge in [-0.15, -0.1) is 0 Å². The lowest BCUT2D eigenvalue weighted by Crippen LogP contribution is -2.11. The number of nitrogens with two attached hydrogens (primary N) is 1. The van der Waals surface area contributed by atoms with Crippen molar-refractivity contribution in [1.82, 2.24) is 0 Å². The number of hydrogen-bond acceptors (Lipinski definition) is 3. The molecular weight excluding hydrogens is 236 g/mol. The average Bonchev–Trinajstić information content (AvgIpc) is 2.36. The van der Waals surface area contributed by atoms with Crippen molar-refractivity contribution in [2.75, 3.05) is 24.2 Å². The molecule has 3 heteroatoms. The minimum Gasteiger partial charge on any atom is -0.492 e. The summed E-state index contributed by atoms with van der Waals surface area (Å²) in [6.45, 7) is 5.59. The van der Waals surface area contributed by atoms with Crippen molar-refractivity contribution >= 4 is 11.4 Å². The Hall–Kier alpha value is -2.16. The molecule has 0 radical (unpaired) electrons. The van der Waals surface area contributed by atoms with Gasteiger partial charge < -0.3 is 15.8 Å². The molecule has 2 aromatic rings. The molecule has 19 heavy (non-hydrogen) atoms. The molecule has 0 saturated carbocycles. The van der Waals surface area contributed by atoms with Crippen LogP contribution in [0.5, 0.6) is 5.75 Å². The largest absolute Gasteiger partial charge is 0.492 e. The van der Waals surface area contributed by atoms with Crippen LogP contribution in [-0.2, 0) is 0 Å². The minimum atomic E-state index is 0.622. The number of rotatable bonds is 5. The number of hydrogen-bond donors (Lipinski definition) is 2. The Morgan fingerprint density at radius 2 is 1.63 bits per heavy atom. The van der Waals surface area contributed by atoms with Crippen LogP contribution in [0.25, 0.3) is 0 Å². The van der Waals surface area contributed by atoms with E-state index < -0.39 is 0 Å². The predicted molar refractivity (Wildman–Crippen MR) is 80.8 cm³/mol. The van der Waals surface area contributed by atoms with Gasteiger partial charge in [0.2, 0.25) is 0 Å². The van der Waals surface area contributed by atoms with E-state index in [0.717, 1.165) is 23.7 Å². The van der Waals surface area contributed by atoms with Crippen molar-refractivity contribution in [1.29, 1.82) is 0 Å². The topological polar surface area (TPSA) is 47.3 Å².